The zero-order valence-corrected chi connectivity index (χ0v) is 17.6. The van der Waals surface area contributed by atoms with Crippen LogP contribution in [-0.4, -0.2) is 52.7 Å². The van der Waals surface area contributed by atoms with Crippen LogP contribution in [0.2, 0.25) is 0 Å². The van der Waals surface area contributed by atoms with Gasteiger partial charge in [-0.25, -0.2) is 18.5 Å². The Balaban J connectivity index is 2.20. The van der Waals surface area contributed by atoms with E-state index < -0.39 is 60.2 Å². The molecule has 0 radical (unpaired) electrons. The highest BCUT2D eigenvalue weighted by molar-refractivity contribution is 7.66. The van der Waals surface area contributed by atoms with E-state index in [-0.39, 0.29) is 5.82 Å². The van der Waals surface area contributed by atoms with E-state index >= 15 is 0 Å². The van der Waals surface area contributed by atoms with Gasteiger partial charge >= 0.3 is 29.2 Å². The van der Waals surface area contributed by atoms with E-state index in [1.54, 1.807) is 0 Å². The van der Waals surface area contributed by atoms with Crippen molar-refractivity contribution >= 4 is 29.3 Å². The van der Waals surface area contributed by atoms with Gasteiger partial charge in [0, 0.05) is 17.5 Å². The fourth-order valence-corrected chi connectivity index (χ4v) is 5.45. The number of rotatable bonds is 9. The third-order valence-electron chi connectivity index (χ3n) is 3.42. The standard InChI is InChI=1S/C9H15N6O13P3/c10-6-1-2-15(8(17)12-6)7-5(16)3-9(26-7,13-14-11)4-25-30(21,22)28-31(23,24)27-29(18,19)20/h1-2,5,7,16H,3-4H2,(H,21,22)(H,23,24)(H2,10,12,17)(H2,18,19,20)/t5-,7+,9-/m0/s1. The zero-order valence-electron chi connectivity index (χ0n) is 14.9. The second-order valence-corrected chi connectivity index (χ2v) is 10.2. The highest BCUT2D eigenvalue weighted by Crippen LogP contribution is 2.66. The van der Waals surface area contributed by atoms with Crippen molar-refractivity contribution in [3.63, 3.8) is 0 Å². The number of aromatic nitrogens is 2. The van der Waals surface area contributed by atoms with Crippen LogP contribution >= 0.6 is 23.5 Å². The molecule has 5 atom stereocenters. The number of hydrogen-bond donors (Lipinski definition) is 6. The van der Waals surface area contributed by atoms with Crippen LogP contribution in [0.5, 0.6) is 0 Å². The second kappa shape index (κ2) is 9.05. The Kier molecular flexibility index (Phi) is 7.47. The number of azide groups is 1. The Hall–Kier alpha value is -1.68. The minimum atomic E-state index is -5.78. The van der Waals surface area contributed by atoms with E-state index in [4.69, 9.17) is 30.7 Å². The van der Waals surface area contributed by atoms with Crippen LogP contribution in [0.4, 0.5) is 5.82 Å². The van der Waals surface area contributed by atoms with Crippen LogP contribution in [0.15, 0.2) is 22.2 Å². The lowest BCUT2D eigenvalue weighted by molar-refractivity contribution is -0.105. The molecule has 1 saturated heterocycles. The highest BCUT2D eigenvalue weighted by Gasteiger charge is 2.49. The van der Waals surface area contributed by atoms with Gasteiger partial charge in [0.05, 0.1) is 6.61 Å². The van der Waals surface area contributed by atoms with Crippen LogP contribution in [-0.2, 0) is 31.6 Å². The average molecular weight is 508 g/mol. The van der Waals surface area contributed by atoms with Crippen molar-refractivity contribution in [3.05, 3.63) is 33.2 Å². The maximum absolute atomic E-state index is 11.9. The molecule has 0 aliphatic carbocycles. The highest BCUT2D eigenvalue weighted by atomic mass is 31.3. The summed E-state index contributed by atoms with van der Waals surface area (Å²) in [7, 11) is -16.9. The predicted octanol–water partition coefficient (Wildman–Crippen LogP) is -0.545. The molecule has 2 heterocycles. The number of phosphoric acid groups is 3. The molecule has 1 aliphatic rings. The summed E-state index contributed by atoms with van der Waals surface area (Å²) >= 11 is 0. The van der Waals surface area contributed by atoms with Crippen molar-refractivity contribution in [1.29, 1.82) is 0 Å². The van der Waals surface area contributed by atoms with Gasteiger partial charge in [0.15, 0.2) is 12.0 Å². The van der Waals surface area contributed by atoms with E-state index in [1.807, 2.05) is 0 Å². The first kappa shape index (κ1) is 25.6. The molecule has 2 unspecified atom stereocenters. The molecule has 174 valence electrons. The number of nitrogens with zero attached hydrogens (tertiary/aromatic N) is 5. The number of hydrogen-bond acceptors (Lipinski definition) is 12. The summed E-state index contributed by atoms with van der Waals surface area (Å²) in [6.07, 6.45) is -2.52. The molecule has 19 nitrogen and oxygen atoms in total. The van der Waals surface area contributed by atoms with Crippen LogP contribution in [0.3, 0.4) is 0 Å². The molecular weight excluding hydrogens is 493 g/mol. The minimum Gasteiger partial charge on any atom is -0.388 e. The van der Waals surface area contributed by atoms with Crippen molar-refractivity contribution in [2.24, 2.45) is 5.11 Å². The van der Waals surface area contributed by atoms with E-state index in [2.05, 4.69) is 28.2 Å². The predicted molar refractivity (Wildman–Crippen MR) is 95.3 cm³/mol. The van der Waals surface area contributed by atoms with Gasteiger partial charge in [0.25, 0.3) is 0 Å². The normalized spacial score (nSPS) is 27.8. The molecule has 0 saturated carbocycles. The molecule has 0 spiro atoms. The third kappa shape index (κ3) is 7.17. The van der Waals surface area contributed by atoms with Gasteiger partial charge in [-0.2, -0.15) is 13.6 Å². The molecule has 22 heteroatoms. The van der Waals surface area contributed by atoms with Crippen molar-refractivity contribution < 1.29 is 56.3 Å². The maximum atomic E-state index is 11.9. The third-order valence-corrected chi connectivity index (χ3v) is 7.20. The maximum Gasteiger partial charge on any atom is 0.490 e. The molecule has 7 N–H and O–H groups in total. The molecule has 0 amide bonds. The fraction of sp³-hybridized carbons (Fsp3) is 0.556. The molecule has 1 aromatic rings. The van der Waals surface area contributed by atoms with Gasteiger partial charge < -0.3 is 35.2 Å². The monoisotopic (exact) mass is 508 g/mol. The zero-order chi connectivity index (χ0) is 23.7. The van der Waals surface area contributed by atoms with Gasteiger partial charge in [0.1, 0.15) is 11.9 Å². The number of anilines is 1. The van der Waals surface area contributed by atoms with E-state index in [0.29, 0.717) is 0 Å². The smallest absolute Gasteiger partial charge is 0.388 e. The second-order valence-electron chi connectivity index (χ2n) is 5.82. The van der Waals surface area contributed by atoms with E-state index in [1.165, 1.54) is 6.07 Å². The minimum absolute atomic E-state index is 0.136. The van der Waals surface area contributed by atoms with Gasteiger partial charge in [-0.15, -0.1) is 0 Å². The van der Waals surface area contributed by atoms with Crippen molar-refractivity contribution in [3.8, 4) is 0 Å². The number of aliphatic hydroxyl groups excluding tert-OH is 1. The van der Waals surface area contributed by atoms with Gasteiger partial charge in [-0.05, 0) is 11.6 Å². The Morgan fingerprint density at radius 1 is 1.32 bits per heavy atom. The number of aliphatic hydroxyl groups is 1. The molecule has 0 aromatic carbocycles. The lowest BCUT2D eigenvalue weighted by atomic mass is 10.1. The topological polar surface area (TPSA) is 299 Å². The summed E-state index contributed by atoms with van der Waals surface area (Å²) in [5.74, 6) is -0.136. The number of nitrogens with two attached hydrogens (primary N) is 1. The first-order chi connectivity index (χ1) is 14.1. The van der Waals surface area contributed by atoms with Crippen LogP contribution in [0.25, 0.3) is 10.4 Å². The molecule has 1 aliphatic heterocycles. The lowest BCUT2D eigenvalue weighted by Gasteiger charge is -2.25. The summed E-state index contributed by atoms with van der Waals surface area (Å²) in [6.45, 7) is -1.18. The summed E-state index contributed by atoms with van der Waals surface area (Å²) in [5.41, 5.74) is 10.9. The summed E-state index contributed by atoms with van der Waals surface area (Å²) in [5, 5.41) is 13.4. The molecule has 31 heavy (non-hydrogen) atoms. The summed E-state index contributed by atoms with van der Waals surface area (Å²) in [4.78, 5) is 53.4. The van der Waals surface area contributed by atoms with Crippen LogP contribution < -0.4 is 11.4 Å². The molecule has 1 aromatic heterocycles. The van der Waals surface area contributed by atoms with E-state index in [0.717, 1.165) is 10.8 Å². The van der Waals surface area contributed by atoms with Gasteiger partial charge in [0.2, 0.25) is 0 Å². The Morgan fingerprint density at radius 3 is 2.52 bits per heavy atom. The number of ether oxygens (including phenoxy) is 1. The lowest BCUT2D eigenvalue weighted by Crippen LogP contribution is -2.34. The quantitative estimate of drug-likeness (QED) is 0.106. The average Bonchev–Trinajstić information content (AvgIpc) is 2.87. The fourth-order valence-electron chi connectivity index (χ4n) is 2.39. The van der Waals surface area contributed by atoms with Crippen LogP contribution in [0, 0.1) is 0 Å². The Morgan fingerprint density at radius 2 is 1.97 bits per heavy atom. The molecule has 2 rings (SSSR count). The first-order valence-electron chi connectivity index (χ1n) is 7.62. The summed E-state index contributed by atoms with van der Waals surface area (Å²) in [6, 6.07) is 1.19. The van der Waals surface area contributed by atoms with Crippen LogP contribution in [0.1, 0.15) is 12.6 Å². The van der Waals surface area contributed by atoms with Gasteiger partial charge in [-0.1, -0.05) is 5.11 Å². The largest absolute Gasteiger partial charge is 0.490 e. The molecular formula is C9H15N6O13P3. The van der Waals surface area contributed by atoms with Crippen molar-refractivity contribution in [2.45, 2.75) is 24.5 Å². The molecule has 0 bridgehead atoms. The summed E-state index contributed by atoms with van der Waals surface area (Å²) < 4.78 is 51.4. The van der Waals surface area contributed by atoms with Crippen molar-refractivity contribution in [1.82, 2.24) is 9.55 Å². The molecule has 1 fully saturated rings. The number of phosphoric ester groups is 1. The van der Waals surface area contributed by atoms with Gasteiger partial charge in [-0.3, -0.25) is 9.09 Å². The first-order valence-corrected chi connectivity index (χ1v) is 12.1. The van der Waals surface area contributed by atoms with E-state index in [9.17, 15) is 28.5 Å². The number of nitrogen functional groups attached to an aromatic ring is 1. The SMILES string of the molecule is [N-]=[N+]=N[C@@]1(COP(=O)(O)OP(=O)(O)OP(=O)(O)O)C[C@H](O)[C@H](n2ccc(N)nc2=O)O1. The van der Waals surface area contributed by atoms with Crippen molar-refractivity contribution in [2.75, 3.05) is 12.3 Å². The Labute approximate surface area is 171 Å². The Bertz CT molecular complexity index is 1080.